The predicted molar refractivity (Wildman–Crippen MR) is 101 cm³/mol. The zero-order valence-electron chi connectivity index (χ0n) is 15.9. The van der Waals surface area contributed by atoms with Crippen molar-refractivity contribution in [1.82, 2.24) is 9.62 Å². The van der Waals surface area contributed by atoms with Crippen molar-refractivity contribution >= 4 is 21.8 Å². The van der Waals surface area contributed by atoms with E-state index < -0.39 is 15.9 Å². The number of sulfonamides is 1. The summed E-state index contributed by atoms with van der Waals surface area (Å²) in [5.41, 5.74) is 5.64. The monoisotopic (exact) mass is 397 g/mol. The Bertz CT molecular complexity index is 807. The maximum absolute atomic E-state index is 13.0. The molecule has 1 fully saturated rings. The fourth-order valence-electron chi connectivity index (χ4n) is 3.02. The molecule has 0 unspecified atom stereocenters. The average molecular weight is 397 g/mol. The Kier molecular flexibility index (Phi) is 6.83. The third-order valence-corrected chi connectivity index (χ3v) is 6.20. The van der Waals surface area contributed by atoms with Crippen molar-refractivity contribution in [2.45, 2.75) is 44.6 Å². The Morgan fingerprint density at radius 1 is 1.37 bits per heavy atom. The number of nitrogens with two attached hydrogens (primary N) is 1. The summed E-state index contributed by atoms with van der Waals surface area (Å²) in [6.07, 6.45) is 1.30. The zero-order valence-corrected chi connectivity index (χ0v) is 16.7. The summed E-state index contributed by atoms with van der Waals surface area (Å²) in [5, 5.41) is 2.85. The molecule has 1 saturated heterocycles. The smallest absolute Gasteiger partial charge is 0.255 e. The molecule has 1 aliphatic heterocycles. The predicted octanol–water partition coefficient (Wildman–Crippen LogP) is 0.784. The van der Waals surface area contributed by atoms with E-state index in [0.717, 1.165) is 0 Å². The van der Waals surface area contributed by atoms with Gasteiger partial charge in [-0.1, -0.05) is 0 Å². The number of carbonyl (C=O) groups excluding carboxylic acids is 2. The van der Waals surface area contributed by atoms with Gasteiger partial charge in [-0.15, -0.1) is 0 Å². The summed E-state index contributed by atoms with van der Waals surface area (Å²) in [6, 6.07) is 4.47. The molecule has 0 radical (unpaired) electrons. The van der Waals surface area contributed by atoms with E-state index in [4.69, 9.17) is 10.5 Å². The van der Waals surface area contributed by atoms with Crippen LogP contribution in [0.3, 0.4) is 0 Å². The van der Waals surface area contributed by atoms with Gasteiger partial charge in [-0.25, -0.2) is 8.42 Å². The first-order valence-electron chi connectivity index (χ1n) is 8.93. The Balaban J connectivity index is 2.16. The van der Waals surface area contributed by atoms with Gasteiger partial charge in [0.05, 0.1) is 10.8 Å². The van der Waals surface area contributed by atoms with Gasteiger partial charge in [0.15, 0.2) is 6.61 Å². The highest BCUT2D eigenvalue weighted by Crippen LogP contribution is 2.27. The minimum absolute atomic E-state index is 0.0140. The molecule has 1 aliphatic rings. The van der Waals surface area contributed by atoms with E-state index in [0.29, 0.717) is 30.7 Å². The van der Waals surface area contributed by atoms with Crippen LogP contribution in [0.5, 0.6) is 5.75 Å². The molecular formula is C18H27N3O5S. The van der Waals surface area contributed by atoms with Crippen LogP contribution in [0.25, 0.3) is 0 Å². The normalized spacial score (nSPS) is 18.3. The number of ether oxygens (including phenoxy) is 1. The molecule has 2 rings (SSSR count). The number of piperidine rings is 1. The summed E-state index contributed by atoms with van der Waals surface area (Å²) in [7, 11) is -3.72. The SMILES string of the molecule is Cc1cc(S(=O)(=O)N2CCC[C@H](C(=O)NC(C)C)C2)ccc1OCC(N)=O. The number of nitrogens with zero attached hydrogens (tertiary/aromatic N) is 1. The van der Waals surface area contributed by atoms with Crippen LogP contribution in [-0.4, -0.2) is 50.3 Å². The fraction of sp³-hybridized carbons (Fsp3) is 0.556. The molecule has 1 heterocycles. The molecule has 0 saturated carbocycles. The largest absolute Gasteiger partial charge is 0.484 e. The number of hydrogen-bond acceptors (Lipinski definition) is 5. The lowest BCUT2D eigenvalue weighted by atomic mass is 9.98. The molecule has 27 heavy (non-hydrogen) atoms. The second-order valence-electron chi connectivity index (χ2n) is 7.05. The molecule has 1 atom stereocenters. The van der Waals surface area contributed by atoms with Gasteiger partial charge in [0, 0.05) is 19.1 Å². The Morgan fingerprint density at radius 2 is 2.07 bits per heavy atom. The molecule has 9 heteroatoms. The van der Waals surface area contributed by atoms with Crippen molar-refractivity contribution in [3.63, 3.8) is 0 Å². The summed E-state index contributed by atoms with van der Waals surface area (Å²) >= 11 is 0. The van der Waals surface area contributed by atoms with E-state index in [9.17, 15) is 18.0 Å². The summed E-state index contributed by atoms with van der Waals surface area (Å²) in [6.45, 7) is 5.72. The molecule has 0 aliphatic carbocycles. The third-order valence-electron chi connectivity index (χ3n) is 4.34. The van der Waals surface area contributed by atoms with Gasteiger partial charge in [0.2, 0.25) is 15.9 Å². The maximum Gasteiger partial charge on any atom is 0.255 e. The van der Waals surface area contributed by atoms with Crippen molar-refractivity contribution in [3.8, 4) is 5.75 Å². The van der Waals surface area contributed by atoms with Crippen LogP contribution >= 0.6 is 0 Å². The van der Waals surface area contributed by atoms with E-state index in [1.165, 1.54) is 22.5 Å². The number of aryl methyl sites for hydroxylation is 1. The van der Waals surface area contributed by atoms with Crippen LogP contribution < -0.4 is 15.8 Å². The second-order valence-corrected chi connectivity index (χ2v) is 8.99. The molecule has 1 aromatic carbocycles. The van der Waals surface area contributed by atoms with Crippen LogP contribution in [0, 0.1) is 12.8 Å². The number of amides is 2. The van der Waals surface area contributed by atoms with Crippen LogP contribution in [0.2, 0.25) is 0 Å². The van der Waals surface area contributed by atoms with Gasteiger partial charge < -0.3 is 15.8 Å². The van der Waals surface area contributed by atoms with Crippen molar-refractivity contribution in [2.75, 3.05) is 19.7 Å². The highest BCUT2D eigenvalue weighted by atomic mass is 32.2. The summed E-state index contributed by atoms with van der Waals surface area (Å²) < 4.78 is 32.6. The number of carbonyl (C=O) groups is 2. The van der Waals surface area contributed by atoms with E-state index in [-0.39, 0.29) is 35.9 Å². The number of primary amides is 1. The Hall–Kier alpha value is -2.13. The van der Waals surface area contributed by atoms with Gasteiger partial charge in [-0.3, -0.25) is 9.59 Å². The van der Waals surface area contributed by atoms with Crippen LogP contribution in [0.15, 0.2) is 23.1 Å². The highest BCUT2D eigenvalue weighted by Gasteiger charge is 2.33. The molecular weight excluding hydrogens is 370 g/mol. The molecule has 3 N–H and O–H groups in total. The van der Waals surface area contributed by atoms with Crippen molar-refractivity contribution in [1.29, 1.82) is 0 Å². The van der Waals surface area contributed by atoms with Gasteiger partial charge in [0.1, 0.15) is 5.75 Å². The molecule has 150 valence electrons. The lowest BCUT2D eigenvalue weighted by molar-refractivity contribution is -0.126. The molecule has 1 aromatic rings. The molecule has 0 spiro atoms. The van der Waals surface area contributed by atoms with E-state index in [2.05, 4.69) is 5.32 Å². The minimum Gasteiger partial charge on any atom is -0.484 e. The number of benzene rings is 1. The van der Waals surface area contributed by atoms with E-state index in [1.807, 2.05) is 13.8 Å². The average Bonchev–Trinajstić information content (AvgIpc) is 2.60. The van der Waals surface area contributed by atoms with E-state index in [1.54, 1.807) is 6.92 Å². The zero-order chi connectivity index (χ0) is 20.2. The maximum atomic E-state index is 13.0. The van der Waals surface area contributed by atoms with Gasteiger partial charge in [-0.05, 0) is 57.4 Å². The summed E-state index contributed by atoms with van der Waals surface area (Å²) in [5.74, 6) is -0.669. The minimum atomic E-state index is -3.72. The molecule has 2 amide bonds. The van der Waals surface area contributed by atoms with Crippen molar-refractivity contribution in [2.24, 2.45) is 11.7 Å². The van der Waals surface area contributed by atoms with Gasteiger partial charge >= 0.3 is 0 Å². The number of nitrogens with one attached hydrogen (secondary N) is 1. The molecule has 8 nitrogen and oxygen atoms in total. The quantitative estimate of drug-likeness (QED) is 0.705. The first-order chi connectivity index (χ1) is 12.6. The highest BCUT2D eigenvalue weighted by molar-refractivity contribution is 7.89. The lowest BCUT2D eigenvalue weighted by Gasteiger charge is -2.31. The Labute approximate surface area is 160 Å². The van der Waals surface area contributed by atoms with E-state index >= 15 is 0 Å². The lowest BCUT2D eigenvalue weighted by Crippen LogP contribution is -2.46. The fourth-order valence-corrected chi connectivity index (χ4v) is 4.63. The molecule has 0 bridgehead atoms. The molecule has 0 aromatic heterocycles. The Morgan fingerprint density at radius 3 is 2.67 bits per heavy atom. The van der Waals surface area contributed by atoms with Crippen LogP contribution in [-0.2, 0) is 19.6 Å². The van der Waals surface area contributed by atoms with Crippen molar-refractivity contribution in [3.05, 3.63) is 23.8 Å². The topological polar surface area (TPSA) is 119 Å². The number of rotatable bonds is 7. The van der Waals surface area contributed by atoms with Gasteiger partial charge in [0.25, 0.3) is 5.91 Å². The van der Waals surface area contributed by atoms with Crippen molar-refractivity contribution < 1.29 is 22.7 Å². The first kappa shape index (κ1) is 21.2. The number of hydrogen-bond donors (Lipinski definition) is 2. The van der Waals surface area contributed by atoms with Gasteiger partial charge in [-0.2, -0.15) is 4.31 Å². The van der Waals surface area contributed by atoms with Crippen LogP contribution in [0.1, 0.15) is 32.3 Å². The second kappa shape index (κ2) is 8.71. The standard InChI is InChI=1S/C18H27N3O5S/c1-12(2)20-18(23)14-5-4-8-21(10-14)27(24,25)15-6-7-16(13(3)9-15)26-11-17(19)22/h6-7,9,12,14H,4-5,8,10-11H2,1-3H3,(H2,19,22)(H,20,23)/t14-/m0/s1. The van der Waals surface area contributed by atoms with Crippen LogP contribution in [0.4, 0.5) is 0 Å². The summed E-state index contributed by atoms with van der Waals surface area (Å²) in [4.78, 5) is 23.2. The first-order valence-corrected chi connectivity index (χ1v) is 10.4. The third kappa shape index (κ3) is 5.43.